The maximum atomic E-state index is 12.6. The van der Waals surface area contributed by atoms with Gasteiger partial charge in [0.25, 0.3) is 0 Å². The van der Waals surface area contributed by atoms with Crippen molar-refractivity contribution < 1.29 is 19.5 Å². The fourth-order valence-corrected chi connectivity index (χ4v) is 2.69. The van der Waals surface area contributed by atoms with Crippen LogP contribution in [0.2, 0.25) is 0 Å². The molecule has 1 saturated carbocycles. The van der Waals surface area contributed by atoms with E-state index in [1.807, 2.05) is 0 Å². The fourth-order valence-electron chi connectivity index (χ4n) is 2.69. The van der Waals surface area contributed by atoms with Crippen molar-refractivity contribution in [2.75, 3.05) is 13.6 Å². The number of likely N-dealkylation sites (tertiary alicyclic amines) is 1. The molecule has 0 bridgehead atoms. The molecular weight excluding hydrogens is 274 g/mol. The first-order chi connectivity index (χ1) is 9.95. The molecule has 2 amide bonds. The number of amides is 2. The van der Waals surface area contributed by atoms with Gasteiger partial charge in [-0.2, -0.15) is 0 Å². The summed E-state index contributed by atoms with van der Waals surface area (Å²) in [5.74, 6) is -1.31. The highest BCUT2D eigenvalue weighted by Crippen LogP contribution is 2.34. The molecule has 3 atom stereocenters. The van der Waals surface area contributed by atoms with E-state index in [0.29, 0.717) is 19.4 Å². The largest absolute Gasteiger partial charge is 0.480 e. The van der Waals surface area contributed by atoms with Crippen LogP contribution in [0.25, 0.3) is 0 Å². The summed E-state index contributed by atoms with van der Waals surface area (Å²) in [6.07, 6.45) is 2.98. The number of hydrogen-bond donors (Lipinski definition) is 3. The average Bonchev–Trinajstić information content (AvgIpc) is 3.17. The molecule has 0 aromatic heterocycles. The normalized spacial score (nSPS) is 24.5. The van der Waals surface area contributed by atoms with Crippen molar-refractivity contribution in [2.24, 2.45) is 5.92 Å². The van der Waals surface area contributed by atoms with E-state index in [1.165, 1.54) is 4.90 Å². The van der Waals surface area contributed by atoms with E-state index >= 15 is 0 Å². The van der Waals surface area contributed by atoms with E-state index in [4.69, 9.17) is 0 Å². The van der Waals surface area contributed by atoms with Gasteiger partial charge in [-0.05, 0) is 45.6 Å². The molecule has 2 aliphatic rings. The lowest BCUT2D eigenvalue weighted by Gasteiger charge is -2.28. The molecule has 1 heterocycles. The Balaban J connectivity index is 2.06. The summed E-state index contributed by atoms with van der Waals surface area (Å²) in [5.41, 5.74) is 0. The van der Waals surface area contributed by atoms with Crippen LogP contribution in [0.3, 0.4) is 0 Å². The lowest BCUT2D eigenvalue weighted by atomic mass is 10.1. The second kappa shape index (κ2) is 6.43. The molecule has 0 aromatic carbocycles. The molecule has 2 rings (SSSR count). The van der Waals surface area contributed by atoms with Gasteiger partial charge in [-0.25, -0.2) is 4.79 Å². The molecule has 2 fully saturated rings. The second-order valence-corrected chi connectivity index (χ2v) is 5.86. The number of carboxylic acid groups (broad SMARTS) is 1. The van der Waals surface area contributed by atoms with E-state index in [1.54, 1.807) is 14.0 Å². The number of nitrogens with zero attached hydrogens (tertiary/aromatic N) is 1. The summed E-state index contributed by atoms with van der Waals surface area (Å²) in [5, 5.41) is 14.8. The minimum absolute atomic E-state index is 0.139. The van der Waals surface area contributed by atoms with Crippen LogP contribution in [0.1, 0.15) is 32.6 Å². The number of likely N-dealkylation sites (N-methyl/N-ethyl adjacent to an activating group) is 1. The Morgan fingerprint density at radius 2 is 1.90 bits per heavy atom. The lowest BCUT2D eigenvalue weighted by molar-refractivity contribution is -0.149. The van der Waals surface area contributed by atoms with Crippen molar-refractivity contribution in [2.45, 2.75) is 50.7 Å². The zero-order valence-corrected chi connectivity index (χ0v) is 12.5. The highest BCUT2D eigenvalue weighted by molar-refractivity contribution is 5.92. The lowest BCUT2D eigenvalue weighted by Crippen LogP contribution is -2.55. The molecule has 3 N–H and O–H groups in total. The maximum absolute atomic E-state index is 12.6. The number of carboxylic acids is 1. The van der Waals surface area contributed by atoms with Crippen molar-refractivity contribution >= 4 is 17.8 Å². The monoisotopic (exact) mass is 297 g/mol. The second-order valence-electron chi connectivity index (χ2n) is 5.86. The van der Waals surface area contributed by atoms with Crippen LogP contribution < -0.4 is 10.6 Å². The molecule has 21 heavy (non-hydrogen) atoms. The molecule has 0 aromatic rings. The van der Waals surface area contributed by atoms with Crippen molar-refractivity contribution in [1.82, 2.24) is 15.5 Å². The van der Waals surface area contributed by atoms with Crippen molar-refractivity contribution in [3.63, 3.8) is 0 Å². The molecule has 1 aliphatic heterocycles. The minimum atomic E-state index is -0.967. The first kappa shape index (κ1) is 15.8. The van der Waals surface area contributed by atoms with Gasteiger partial charge in [0.2, 0.25) is 11.8 Å². The third kappa shape index (κ3) is 3.53. The predicted octanol–water partition coefficient (Wildman–Crippen LogP) is -0.435. The summed E-state index contributed by atoms with van der Waals surface area (Å²) in [6.45, 7) is 2.18. The Bertz CT molecular complexity index is 436. The number of hydrogen-bond acceptors (Lipinski definition) is 4. The Hall–Kier alpha value is -1.63. The fraction of sp³-hybridized carbons (Fsp3) is 0.786. The minimum Gasteiger partial charge on any atom is -0.480 e. The third-order valence-corrected chi connectivity index (χ3v) is 4.30. The van der Waals surface area contributed by atoms with Crippen LogP contribution in [-0.4, -0.2) is 59.5 Å². The number of carbonyl (C=O) groups is 3. The SMILES string of the molecule is CNC(C)C(=O)NC(C(=O)N1CCCC1C(=O)O)C1CC1. The van der Waals surface area contributed by atoms with E-state index < -0.39 is 18.1 Å². The van der Waals surface area contributed by atoms with E-state index in [-0.39, 0.29) is 23.8 Å². The predicted molar refractivity (Wildman–Crippen MR) is 75.5 cm³/mol. The number of aliphatic carboxylic acids is 1. The van der Waals surface area contributed by atoms with E-state index in [9.17, 15) is 19.5 Å². The summed E-state index contributed by atoms with van der Waals surface area (Å²) < 4.78 is 0. The van der Waals surface area contributed by atoms with Gasteiger partial charge in [-0.3, -0.25) is 9.59 Å². The smallest absolute Gasteiger partial charge is 0.326 e. The molecule has 7 nitrogen and oxygen atoms in total. The van der Waals surface area contributed by atoms with Crippen molar-refractivity contribution in [3.05, 3.63) is 0 Å². The number of rotatable bonds is 6. The van der Waals surface area contributed by atoms with Gasteiger partial charge in [-0.15, -0.1) is 0 Å². The van der Waals surface area contributed by atoms with Gasteiger partial charge in [0, 0.05) is 6.54 Å². The molecule has 7 heteroatoms. The molecule has 1 aliphatic carbocycles. The Kier molecular flexibility index (Phi) is 4.82. The van der Waals surface area contributed by atoms with Crippen LogP contribution in [0.15, 0.2) is 0 Å². The van der Waals surface area contributed by atoms with Gasteiger partial charge >= 0.3 is 5.97 Å². The molecule has 3 unspecified atom stereocenters. The van der Waals surface area contributed by atoms with Gasteiger partial charge in [0.15, 0.2) is 0 Å². The quantitative estimate of drug-likeness (QED) is 0.617. The van der Waals surface area contributed by atoms with E-state index in [2.05, 4.69) is 10.6 Å². The van der Waals surface area contributed by atoms with Crippen LogP contribution in [-0.2, 0) is 14.4 Å². The summed E-state index contributed by atoms with van der Waals surface area (Å²) >= 11 is 0. The van der Waals surface area contributed by atoms with Gasteiger partial charge in [0.05, 0.1) is 6.04 Å². The first-order valence-corrected chi connectivity index (χ1v) is 7.46. The van der Waals surface area contributed by atoms with Gasteiger partial charge in [0.1, 0.15) is 12.1 Å². The highest BCUT2D eigenvalue weighted by Gasteiger charge is 2.43. The summed E-state index contributed by atoms with van der Waals surface area (Å²) in [7, 11) is 1.68. The van der Waals surface area contributed by atoms with E-state index in [0.717, 1.165) is 12.8 Å². The zero-order valence-electron chi connectivity index (χ0n) is 12.5. The van der Waals surface area contributed by atoms with Crippen molar-refractivity contribution in [1.29, 1.82) is 0 Å². The topological polar surface area (TPSA) is 98.7 Å². The van der Waals surface area contributed by atoms with Crippen molar-refractivity contribution in [3.8, 4) is 0 Å². The molecule has 1 saturated heterocycles. The Labute approximate surface area is 124 Å². The number of carbonyl (C=O) groups excluding carboxylic acids is 2. The summed E-state index contributed by atoms with van der Waals surface area (Å²) in [6, 6.07) is -1.72. The Morgan fingerprint density at radius 3 is 2.43 bits per heavy atom. The van der Waals surface area contributed by atoms with Crippen LogP contribution >= 0.6 is 0 Å². The molecule has 0 spiro atoms. The molecular formula is C14H23N3O4. The van der Waals surface area contributed by atoms with Gasteiger partial charge < -0.3 is 20.6 Å². The Morgan fingerprint density at radius 1 is 1.24 bits per heavy atom. The standard InChI is InChI=1S/C14H23N3O4/c1-8(15-2)12(18)16-11(9-5-6-9)13(19)17-7-3-4-10(17)14(20)21/h8-11,15H,3-7H2,1-2H3,(H,16,18)(H,20,21). The van der Waals surface area contributed by atoms with Crippen LogP contribution in [0.4, 0.5) is 0 Å². The highest BCUT2D eigenvalue weighted by atomic mass is 16.4. The van der Waals surface area contributed by atoms with Crippen LogP contribution in [0, 0.1) is 5.92 Å². The van der Waals surface area contributed by atoms with Crippen LogP contribution in [0.5, 0.6) is 0 Å². The summed E-state index contributed by atoms with van der Waals surface area (Å²) in [4.78, 5) is 37.2. The number of nitrogens with one attached hydrogen (secondary N) is 2. The first-order valence-electron chi connectivity index (χ1n) is 7.46. The average molecular weight is 297 g/mol. The molecule has 118 valence electrons. The third-order valence-electron chi connectivity index (χ3n) is 4.30. The maximum Gasteiger partial charge on any atom is 0.326 e. The van der Waals surface area contributed by atoms with Gasteiger partial charge in [-0.1, -0.05) is 0 Å². The molecule has 0 radical (unpaired) electrons. The zero-order chi connectivity index (χ0) is 15.6.